The minimum atomic E-state index is -1.53. The van der Waals surface area contributed by atoms with Gasteiger partial charge in [0.2, 0.25) is 0 Å². The lowest BCUT2D eigenvalue weighted by atomic mass is 9.59. The van der Waals surface area contributed by atoms with Gasteiger partial charge in [-0.2, -0.15) is 0 Å². The predicted molar refractivity (Wildman–Crippen MR) is 196 cm³/mol. The summed E-state index contributed by atoms with van der Waals surface area (Å²) in [6, 6.07) is 36.3. The first-order chi connectivity index (χ1) is 21.2. The van der Waals surface area contributed by atoms with Gasteiger partial charge in [0.1, 0.15) is 11.2 Å². The van der Waals surface area contributed by atoms with Crippen LogP contribution in [0.1, 0.15) is 52.7 Å². The fourth-order valence-corrected chi connectivity index (χ4v) is 9.33. The molecule has 0 saturated heterocycles. The standard InChI is InChI=1S/C42H43NOSi/c1-40(2)32-24-31(26-15-14-16-27(23-26)45(7,8)9)36(25-33(32)41(3,4)42(40,5)6)43-34-19-12-10-18-30(34)38-35(43)22-21-29-28-17-11-13-20-37(28)44-39(29)38/h10-25H,1-9H3. The van der Waals surface area contributed by atoms with Crippen LogP contribution in [0.4, 0.5) is 0 Å². The van der Waals surface area contributed by atoms with E-state index < -0.39 is 8.07 Å². The Morgan fingerprint density at radius 1 is 0.600 bits per heavy atom. The lowest BCUT2D eigenvalue weighted by Gasteiger charge is -2.44. The highest BCUT2D eigenvalue weighted by Crippen LogP contribution is 2.62. The summed E-state index contributed by atoms with van der Waals surface area (Å²) < 4.78 is 9.16. The van der Waals surface area contributed by atoms with E-state index in [1.807, 2.05) is 0 Å². The predicted octanol–water partition coefficient (Wildman–Crippen LogP) is 11.5. The molecule has 2 nitrogen and oxygen atoms in total. The number of hydrogen-bond donors (Lipinski definition) is 0. The number of benzene rings is 5. The van der Waals surface area contributed by atoms with Gasteiger partial charge in [-0.15, -0.1) is 0 Å². The lowest BCUT2D eigenvalue weighted by Crippen LogP contribution is -2.42. The Morgan fingerprint density at radius 3 is 2.00 bits per heavy atom. The molecule has 5 aromatic carbocycles. The summed E-state index contributed by atoms with van der Waals surface area (Å²) in [4.78, 5) is 0. The van der Waals surface area contributed by atoms with Crippen molar-refractivity contribution in [1.29, 1.82) is 0 Å². The third-order valence-electron chi connectivity index (χ3n) is 12.1. The van der Waals surface area contributed by atoms with Crippen LogP contribution in [0.25, 0.3) is 60.6 Å². The van der Waals surface area contributed by atoms with E-state index in [1.54, 1.807) is 0 Å². The maximum absolute atomic E-state index is 6.64. The van der Waals surface area contributed by atoms with E-state index in [0.717, 1.165) is 11.2 Å². The van der Waals surface area contributed by atoms with Gasteiger partial charge in [0, 0.05) is 21.7 Å². The van der Waals surface area contributed by atoms with Gasteiger partial charge in [0.25, 0.3) is 0 Å². The molecule has 0 radical (unpaired) electrons. The molecule has 0 N–H and O–H groups in total. The molecule has 0 amide bonds. The number of aromatic nitrogens is 1. The van der Waals surface area contributed by atoms with Crippen molar-refractivity contribution in [2.24, 2.45) is 5.41 Å². The normalized spacial score (nSPS) is 17.1. The lowest BCUT2D eigenvalue weighted by molar-refractivity contribution is 0.125. The summed E-state index contributed by atoms with van der Waals surface area (Å²) >= 11 is 0. The van der Waals surface area contributed by atoms with Crippen LogP contribution in [0.5, 0.6) is 0 Å². The molecule has 0 unspecified atom stereocenters. The first-order valence-electron chi connectivity index (χ1n) is 16.4. The highest BCUT2D eigenvalue weighted by atomic mass is 28.3. The van der Waals surface area contributed by atoms with Crippen LogP contribution in [-0.2, 0) is 10.8 Å². The van der Waals surface area contributed by atoms with Crippen molar-refractivity contribution in [1.82, 2.24) is 4.57 Å². The van der Waals surface area contributed by atoms with Crippen LogP contribution in [-0.4, -0.2) is 12.6 Å². The Labute approximate surface area is 267 Å². The first kappa shape index (κ1) is 28.4. The third-order valence-corrected chi connectivity index (χ3v) is 14.1. The van der Waals surface area contributed by atoms with Gasteiger partial charge in [-0.25, -0.2) is 0 Å². The molecule has 1 aliphatic rings. The highest BCUT2D eigenvalue weighted by molar-refractivity contribution is 6.88. The molecule has 226 valence electrons. The van der Waals surface area contributed by atoms with E-state index >= 15 is 0 Å². The van der Waals surface area contributed by atoms with Crippen molar-refractivity contribution < 1.29 is 4.42 Å². The van der Waals surface area contributed by atoms with Crippen LogP contribution in [0.15, 0.2) is 101 Å². The van der Waals surface area contributed by atoms with Crippen LogP contribution < -0.4 is 5.19 Å². The SMILES string of the molecule is CC1(C)c2cc(-c3cccc([Si](C)(C)C)c3)c(-n3c4ccccc4c4c5oc6ccccc6c5ccc43)cc2C(C)(C)C1(C)C. The average molecular weight is 606 g/mol. The Morgan fingerprint density at radius 2 is 1.27 bits per heavy atom. The summed E-state index contributed by atoms with van der Waals surface area (Å²) in [5.74, 6) is 0. The third kappa shape index (κ3) is 3.68. The second-order valence-electron chi connectivity index (χ2n) is 15.9. The quantitative estimate of drug-likeness (QED) is 0.183. The fraction of sp³-hybridized carbons (Fsp3) is 0.286. The smallest absolute Gasteiger partial charge is 0.145 e. The fourth-order valence-electron chi connectivity index (χ4n) is 8.14. The summed E-state index contributed by atoms with van der Waals surface area (Å²) in [5.41, 5.74) is 11.1. The van der Waals surface area contributed by atoms with E-state index in [2.05, 4.69) is 163 Å². The zero-order valence-corrected chi connectivity index (χ0v) is 29.1. The zero-order chi connectivity index (χ0) is 31.7. The van der Waals surface area contributed by atoms with Gasteiger partial charge >= 0.3 is 0 Å². The van der Waals surface area contributed by atoms with Gasteiger partial charge in [-0.05, 0) is 69.3 Å². The average Bonchev–Trinajstić information content (AvgIpc) is 3.58. The second-order valence-corrected chi connectivity index (χ2v) is 21.0. The molecule has 45 heavy (non-hydrogen) atoms. The van der Waals surface area contributed by atoms with Crippen LogP contribution in [0.2, 0.25) is 19.6 Å². The monoisotopic (exact) mass is 605 g/mol. The summed E-state index contributed by atoms with van der Waals surface area (Å²) in [5, 5.41) is 6.22. The first-order valence-corrected chi connectivity index (χ1v) is 19.9. The van der Waals surface area contributed by atoms with Crippen molar-refractivity contribution in [3.05, 3.63) is 108 Å². The summed E-state index contributed by atoms with van der Waals surface area (Å²) in [6.07, 6.45) is 0. The largest absolute Gasteiger partial charge is 0.455 e. The Balaban J connectivity index is 1.54. The molecule has 0 saturated carbocycles. The molecule has 0 fully saturated rings. The molecule has 2 aromatic heterocycles. The Bertz CT molecular complexity index is 2340. The van der Waals surface area contributed by atoms with E-state index in [1.165, 1.54) is 65.7 Å². The maximum Gasteiger partial charge on any atom is 0.145 e. The number of nitrogens with zero attached hydrogens (tertiary/aromatic N) is 1. The van der Waals surface area contributed by atoms with Gasteiger partial charge in [-0.1, -0.05) is 127 Å². The molecule has 0 atom stereocenters. The van der Waals surface area contributed by atoms with Gasteiger partial charge in [0.05, 0.1) is 30.2 Å². The van der Waals surface area contributed by atoms with Crippen molar-refractivity contribution >= 4 is 57.0 Å². The summed E-state index contributed by atoms with van der Waals surface area (Å²) in [6.45, 7) is 22.0. The molecule has 0 bridgehead atoms. The molecule has 2 heterocycles. The van der Waals surface area contributed by atoms with Crippen molar-refractivity contribution in [3.8, 4) is 16.8 Å². The minimum Gasteiger partial charge on any atom is -0.455 e. The van der Waals surface area contributed by atoms with Crippen molar-refractivity contribution in [2.45, 2.75) is 72.0 Å². The van der Waals surface area contributed by atoms with E-state index in [0.29, 0.717) is 0 Å². The Hall–Kier alpha value is -4.08. The van der Waals surface area contributed by atoms with Crippen LogP contribution in [0, 0.1) is 5.41 Å². The molecule has 0 aliphatic heterocycles. The number of para-hydroxylation sites is 2. The zero-order valence-electron chi connectivity index (χ0n) is 28.1. The van der Waals surface area contributed by atoms with Gasteiger partial charge in [0.15, 0.2) is 0 Å². The number of furan rings is 1. The molecule has 8 rings (SSSR count). The van der Waals surface area contributed by atoms with Crippen LogP contribution >= 0.6 is 0 Å². The molecule has 0 spiro atoms. The van der Waals surface area contributed by atoms with Crippen LogP contribution in [0.3, 0.4) is 0 Å². The van der Waals surface area contributed by atoms with E-state index in [4.69, 9.17) is 4.42 Å². The van der Waals surface area contributed by atoms with Crippen molar-refractivity contribution in [2.75, 3.05) is 0 Å². The number of rotatable bonds is 3. The van der Waals surface area contributed by atoms with E-state index in [9.17, 15) is 0 Å². The Kier molecular flexibility index (Phi) is 5.68. The molecule has 3 heteroatoms. The minimum absolute atomic E-state index is 0.00987. The molecule has 7 aromatic rings. The molecule has 1 aliphatic carbocycles. The molecular formula is C42H43NOSi. The second kappa shape index (κ2) is 9.01. The highest BCUT2D eigenvalue weighted by Gasteiger charge is 2.57. The maximum atomic E-state index is 6.64. The molecular weight excluding hydrogens is 563 g/mol. The van der Waals surface area contributed by atoms with Crippen molar-refractivity contribution in [3.63, 3.8) is 0 Å². The number of hydrogen-bond acceptors (Lipinski definition) is 1. The number of fused-ring (bicyclic) bond motifs is 8. The van der Waals surface area contributed by atoms with E-state index in [-0.39, 0.29) is 16.2 Å². The topological polar surface area (TPSA) is 18.1 Å². The summed E-state index contributed by atoms with van der Waals surface area (Å²) in [7, 11) is -1.53. The van der Waals surface area contributed by atoms with Gasteiger partial charge in [-0.3, -0.25) is 0 Å². The van der Waals surface area contributed by atoms with Gasteiger partial charge < -0.3 is 8.98 Å².